The van der Waals surface area contributed by atoms with Crippen molar-refractivity contribution in [1.29, 1.82) is 5.26 Å². The highest BCUT2D eigenvalue weighted by molar-refractivity contribution is 14.1. The number of carbonyl (C=O) groups excluding carboxylic acids is 2. The average Bonchev–Trinajstić information content (AvgIpc) is 2.65. The number of halogens is 2. The van der Waals surface area contributed by atoms with Gasteiger partial charge in [-0.1, -0.05) is 12.1 Å². The SMILES string of the molecule is N#C/C(=C/c1cc(I)c(OCc2ccc(C(=O)O)cc2)c(I)c1)C(=O)NC(N)=O. The molecule has 0 saturated carbocycles. The Kier molecular flexibility index (Phi) is 7.97. The van der Waals surface area contributed by atoms with Crippen LogP contribution in [0.3, 0.4) is 0 Å². The summed E-state index contributed by atoms with van der Waals surface area (Å²) < 4.78 is 7.34. The Bertz CT molecular complexity index is 1020. The summed E-state index contributed by atoms with van der Waals surface area (Å²) >= 11 is 4.14. The number of nitriles is 1. The van der Waals surface area contributed by atoms with Gasteiger partial charge in [0.2, 0.25) is 0 Å². The zero-order valence-electron chi connectivity index (χ0n) is 14.6. The Morgan fingerprint density at radius 2 is 1.76 bits per heavy atom. The van der Waals surface area contributed by atoms with Crippen molar-refractivity contribution in [3.05, 3.63) is 65.8 Å². The lowest BCUT2D eigenvalue weighted by molar-refractivity contribution is -0.115. The molecular formula is C19H13I2N3O5. The van der Waals surface area contributed by atoms with Crippen molar-refractivity contribution in [2.45, 2.75) is 6.61 Å². The van der Waals surface area contributed by atoms with Gasteiger partial charge < -0.3 is 15.6 Å². The largest absolute Gasteiger partial charge is 0.487 e. The zero-order chi connectivity index (χ0) is 21.6. The van der Waals surface area contributed by atoms with Crippen molar-refractivity contribution >= 4 is 69.2 Å². The van der Waals surface area contributed by atoms with Gasteiger partial charge >= 0.3 is 12.0 Å². The van der Waals surface area contributed by atoms with Gasteiger partial charge in [0.1, 0.15) is 24.0 Å². The second-order valence-corrected chi connectivity index (χ2v) is 7.92. The van der Waals surface area contributed by atoms with E-state index < -0.39 is 17.9 Å². The molecular weight excluding hydrogens is 604 g/mol. The molecule has 29 heavy (non-hydrogen) atoms. The normalized spacial score (nSPS) is 10.7. The number of imide groups is 1. The predicted octanol–water partition coefficient (Wildman–Crippen LogP) is 3.27. The molecule has 0 fully saturated rings. The molecule has 0 aromatic heterocycles. The predicted molar refractivity (Wildman–Crippen MR) is 121 cm³/mol. The molecule has 0 spiro atoms. The molecule has 2 aromatic rings. The molecule has 148 valence electrons. The second kappa shape index (κ2) is 10.2. The van der Waals surface area contributed by atoms with Crippen molar-refractivity contribution in [2.75, 3.05) is 0 Å². The monoisotopic (exact) mass is 617 g/mol. The number of carboxylic acid groups (broad SMARTS) is 1. The van der Waals surface area contributed by atoms with Crippen molar-refractivity contribution in [3.63, 3.8) is 0 Å². The van der Waals surface area contributed by atoms with Gasteiger partial charge in [0, 0.05) is 0 Å². The lowest BCUT2D eigenvalue weighted by Gasteiger charge is -2.12. The number of carboxylic acids is 1. The van der Waals surface area contributed by atoms with Crippen molar-refractivity contribution in [1.82, 2.24) is 5.32 Å². The molecule has 4 N–H and O–H groups in total. The summed E-state index contributed by atoms with van der Waals surface area (Å²) in [6.07, 6.45) is 1.34. The fraction of sp³-hybridized carbons (Fsp3) is 0.0526. The number of hydrogen-bond donors (Lipinski definition) is 3. The van der Waals surface area contributed by atoms with E-state index in [0.717, 1.165) is 12.7 Å². The summed E-state index contributed by atoms with van der Waals surface area (Å²) in [4.78, 5) is 33.5. The average molecular weight is 617 g/mol. The minimum atomic E-state index is -1.04. The summed E-state index contributed by atoms with van der Waals surface area (Å²) in [5.74, 6) is -1.26. The smallest absolute Gasteiger partial charge is 0.335 e. The summed E-state index contributed by atoms with van der Waals surface area (Å²) in [5.41, 5.74) is 6.21. The third kappa shape index (κ3) is 6.43. The maximum Gasteiger partial charge on any atom is 0.335 e. The van der Waals surface area contributed by atoms with Crippen LogP contribution in [0.15, 0.2) is 42.0 Å². The highest BCUT2D eigenvalue weighted by atomic mass is 127. The lowest BCUT2D eigenvalue weighted by atomic mass is 10.1. The van der Waals surface area contributed by atoms with Crippen LogP contribution in [-0.2, 0) is 11.4 Å². The number of urea groups is 1. The molecule has 8 nitrogen and oxygen atoms in total. The second-order valence-electron chi connectivity index (χ2n) is 5.59. The molecule has 0 bridgehead atoms. The first-order valence-electron chi connectivity index (χ1n) is 7.88. The number of nitrogens with two attached hydrogens (primary N) is 1. The summed E-state index contributed by atoms with van der Waals surface area (Å²) in [7, 11) is 0. The number of ether oxygens (including phenoxy) is 1. The minimum absolute atomic E-state index is 0.197. The number of aromatic carboxylic acids is 1. The Balaban J connectivity index is 2.19. The first kappa shape index (κ1) is 22.6. The van der Waals surface area contributed by atoms with Gasteiger partial charge in [-0.2, -0.15) is 5.26 Å². The first-order valence-corrected chi connectivity index (χ1v) is 10.0. The first-order chi connectivity index (χ1) is 13.7. The van der Waals surface area contributed by atoms with E-state index in [0.29, 0.717) is 11.3 Å². The molecule has 0 atom stereocenters. The Morgan fingerprint density at radius 3 is 2.24 bits per heavy atom. The van der Waals surface area contributed by atoms with E-state index in [2.05, 4.69) is 45.2 Å². The van der Waals surface area contributed by atoms with E-state index in [-0.39, 0.29) is 17.7 Å². The molecule has 0 unspecified atom stereocenters. The van der Waals surface area contributed by atoms with Crippen LogP contribution in [0, 0.1) is 18.5 Å². The summed E-state index contributed by atoms with van der Waals surface area (Å²) in [6.45, 7) is 0.242. The molecule has 2 aromatic carbocycles. The van der Waals surface area contributed by atoms with Crippen molar-refractivity contribution < 1.29 is 24.2 Å². The molecule has 0 saturated heterocycles. The number of nitrogens with one attached hydrogen (secondary N) is 1. The molecule has 0 heterocycles. The van der Waals surface area contributed by atoms with Crippen LogP contribution in [-0.4, -0.2) is 23.0 Å². The lowest BCUT2D eigenvalue weighted by Crippen LogP contribution is -2.35. The topological polar surface area (TPSA) is 143 Å². The Labute approximate surface area is 193 Å². The van der Waals surface area contributed by atoms with E-state index in [1.807, 2.05) is 5.32 Å². The van der Waals surface area contributed by atoms with Crippen LogP contribution in [0.5, 0.6) is 5.75 Å². The Morgan fingerprint density at radius 1 is 1.17 bits per heavy atom. The van der Waals surface area contributed by atoms with Crippen molar-refractivity contribution in [3.8, 4) is 11.8 Å². The standard InChI is InChI=1S/C19H13I2N3O5/c20-14-6-11(5-13(8-22)17(25)24-19(23)28)7-15(21)16(14)29-9-10-1-3-12(4-2-10)18(26)27/h1-7H,9H2,(H,26,27)(H3,23,24,25,28)/b13-5-. The number of carbonyl (C=O) groups is 3. The molecule has 0 radical (unpaired) electrons. The van der Waals surface area contributed by atoms with Gasteiger partial charge in [-0.15, -0.1) is 0 Å². The van der Waals surface area contributed by atoms with E-state index in [9.17, 15) is 14.4 Å². The van der Waals surface area contributed by atoms with Gasteiger partial charge in [0.05, 0.1) is 12.7 Å². The molecule has 0 aliphatic rings. The van der Waals surface area contributed by atoms with E-state index >= 15 is 0 Å². The van der Waals surface area contributed by atoms with Gasteiger partial charge in [-0.3, -0.25) is 10.1 Å². The van der Waals surface area contributed by atoms with Crippen LogP contribution in [0.2, 0.25) is 0 Å². The number of benzene rings is 2. The molecule has 0 aliphatic carbocycles. The van der Waals surface area contributed by atoms with Gasteiger partial charge in [0.25, 0.3) is 5.91 Å². The Hall–Kier alpha value is -2.66. The molecule has 2 rings (SSSR count). The molecule has 3 amide bonds. The van der Waals surface area contributed by atoms with Crippen LogP contribution in [0.25, 0.3) is 6.08 Å². The third-order valence-corrected chi connectivity index (χ3v) is 5.12. The molecule has 10 heteroatoms. The maximum absolute atomic E-state index is 11.8. The van der Waals surface area contributed by atoms with Crippen molar-refractivity contribution in [2.24, 2.45) is 5.73 Å². The number of nitrogens with zero attached hydrogens (tertiary/aromatic N) is 1. The quantitative estimate of drug-likeness (QED) is 0.258. The van der Waals surface area contributed by atoms with Crippen LogP contribution < -0.4 is 15.8 Å². The van der Waals surface area contributed by atoms with E-state index in [1.165, 1.54) is 18.2 Å². The van der Waals surface area contributed by atoms with E-state index in [4.69, 9.17) is 20.8 Å². The number of hydrogen-bond acceptors (Lipinski definition) is 5. The van der Waals surface area contributed by atoms with Crippen LogP contribution in [0.1, 0.15) is 21.5 Å². The minimum Gasteiger partial charge on any atom is -0.487 e. The van der Waals surface area contributed by atoms with Gasteiger partial charge in [-0.25, -0.2) is 9.59 Å². The maximum atomic E-state index is 11.8. The highest BCUT2D eigenvalue weighted by Crippen LogP contribution is 2.30. The van der Waals surface area contributed by atoms with Crippen LogP contribution in [0.4, 0.5) is 4.79 Å². The van der Waals surface area contributed by atoms with Crippen LogP contribution >= 0.6 is 45.2 Å². The number of rotatable bonds is 6. The fourth-order valence-electron chi connectivity index (χ4n) is 2.19. The van der Waals surface area contributed by atoms with Gasteiger partial charge in [0.15, 0.2) is 0 Å². The summed E-state index contributed by atoms with van der Waals surface area (Å²) in [6, 6.07) is 10.5. The number of amides is 3. The zero-order valence-corrected chi connectivity index (χ0v) is 18.9. The van der Waals surface area contributed by atoms with Gasteiger partial charge in [-0.05, 0) is 86.7 Å². The summed E-state index contributed by atoms with van der Waals surface area (Å²) in [5, 5.41) is 19.9. The third-order valence-electron chi connectivity index (χ3n) is 3.52. The number of primary amides is 1. The van der Waals surface area contributed by atoms with E-state index in [1.54, 1.807) is 30.3 Å². The fourth-order valence-corrected chi connectivity index (χ4v) is 4.32. The molecule has 0 aliphatic heterocycles. The highest BCUT2D eigenvalue weighted by Gasteiger charge is 2.13.